The molecule has 74 valence electrons. The molecule has 3 heteroatoms. The minimum atomic E-state index is 0.173. The third kappa shape index (κ3) is 3.77. The SMILES string of the molecule is CCO/C(C=O)=C\[Se]c1ccccc1. The van der Waals surface area contributed by atoms with E-state index in [1.165, 1.54) is 4.46 Å². The van der Waals surface area contributed by atoms with Gasteiger partial charge in [-0.25, -0.2) is 0 Å². The van der Waals surface area contributed by atoms with Gasteiger partial charge in [-0.15, -0.1) is 0 Å². The third-order valence-corrected chi connectivity index (χ3v) is 3.36. The van der Waals surface area contributed by atoms with Gasteiger partial charge in [0.1, 0.15) is 0 Å². The van der Waals surface area contributed by atoms with Crippen LogP contribution in [0.15, 0.2) is 41.1 Å². The van der Waals surface area contributed by atoms with E-state index in [0.717, 1.165) is 6.29 Å². The Bertz CT molecular complexity index is 306. The average Bonchev–Trinajstić information content (AvgIpc) is 2.25. The quantitative estimate of drug-likeness (QED) is 0.341. The third-order valence-electron chi connectivity index (χ3n) is 1.48. The van der Waals surface area contributed by atoms with Crippen LogP contribution in [0.3, 0.4) is 0 Å². The summed E-state index contributed by atoms with van der Waals surface area (Å²) in [5, 5.41) is 0. The monoisotopic (exact) mass is 256 g/mol. The van der Waals surface area contributed by atoms with E-state index in [2.05, 4.69) is 0 Å². The summed E-state index contributed by atoms with van der Waals surface area (Å²) in [6, 6.07) is 10.1. The Morgan fingerprint density at radius 1 is 1.43 bits per heavy atom. The normalized spacial score (nSPS) is 11.1. The van der Waals surface area contributed by atoms with Crippen molar-refractivity contribution >= 4 is 25.7 Å². The fourth-order valence-electron chi connectivity index (χ4n) is 0.888. The van der Waals surface area contributed by atoms with Crippen molar-refractivity contribution in [2.75, 3.05) is 6.61 Å². The van der Waals surface area contributed by atoms with Crippen molar-refractivity contribution in [2.24, 2.45) is 0 Å². The topological polar surface area (TPSA) is 26.3 Å². The van der Waals surface area contributed by atoms with Gasteiger partial charge in [0.25, 0.3) is 0 Å². The molecule has 0 aliphatic carbocycles. The van der Waals surface area contributed by atoms with Gasteiger partial charge in [0.15, 0.2) is 0 Å². The van der Waals surface area contributed by atoms with Crippen LogP contribution in [0.5, 0.6) is 0 Å². The molecule has 1 rings (SSSR count). The Morgan fingerprint density at radius 2 is 2.14 bits per heavy atom. The van der Waals surface area contributed by atoms with E-state index < -0.39 is 0 Å². The second-order valence-corrected chi connectivity index (χ2v) is 4.48. The van der Waals surface area contributed by atoms with Crippen LogP contribution in [-0.2, 0) is 9.53 Å². The molecule has 0 amide bonds. The first-order chi connectivity index (χ1) is 6.86. The zero-order chi connectivity index (χ0) is 10.2. The number of aldehydes is 1. The molecule has 0 saturated carbocycles. The molecule has 0 N–H and O–H groups in total. The molecule has 1 aromatic carbocycles. The molecular formula is C11H12O2Se. The summed E-state index contributed by atoms with van der Waals surface area (Å²) in [7, 11) is 0. The van der Waals surface area contributed by atoms with Gasteiger partial charge in [-0.05, 0) is 0 Å². The molecule has 0 radical (unpaired) electrons. The molecule has 0 aliphatic heterocycles. The minimum absolute atomic E-state index is 0.173. The molecule has 14 heavy (non-hydrogen) atoms. The van der Waals surface area contributed by atoms with Crippen LogP contribution < -0.4 is 4.46 Å². The predicted molar refractivity (Wildman–Crippen MR) is 57.6 cm³/mol. The van der Waals surface area contributed by atoms with Crippen LogP contribution in [-0.4, -0.2) is 27.8 Å². The Kier molecular flexibility index (Phi) is 5.05. The van der Waals surface area contributed by atoms with Gasteiger partial charge in [0, 0.05) is 0 Å². The summed E-state index contributed by atoms with van der Waals surface area (Å²) in [6.07, 6.45) is 0.758. The predicted octanol–water partition coefficient (Wildman–Crippen LogP) is 1.09. The number of benzene rings is 1. The number of hydrogen-bond acceptors (Lipinski definition) is 2. The van der Waals surface area contributed by atoms with Crippen LogP contribution >= 0.6 is 0 Å². The van der Waals surface area contributed by atoms with Crippen LogP contribution in [0.4, 0.5) is 0 Å². The number of rotatable bonds is 5. The summed E-state index contributed by atoms with van der Waals surface area (Å²) in [5.41, 5.74) is 0. The molecule has 0 heterocycles. The second-order valence-electron chi connectivity index (χ2n) is 2.50. The van der Waals surface area contributed by atoms with Crippen molar-refractivity contribution in [2.45, 2.75) is 6.92 Å². The van der Waals surface area contributed by atoms with Crippen molar-refractivity contribution in [3.63, 3.8) is 0 Å². The van der Waals surface area contributed by atoms with Gasteiger partial charge < -0.3 is 0 Å². The summed E-state index contributed by atoms with van der Waals surface area (Å²) in [4.78, 5) is 12.4. The summed E-state index contributed by atoms with van der Waals surface area (Å²) < 4.78 is 6.36. The van der Waals surface area contributed by atoms with Gasteiger partial charge in [0.2, 0.25) is 0 Å². The molecule has 0 fully saturated rings. The van der Waals surface area contributed by atoms with Gasteiger partial charge in [-0.3, -0.25) is 0 Å². The molecule has 2 nitrogen and oxygen atoms in total. The van der Waals surface area contributed by atoms with Gasteiger partial charge in [0.05, 0.1) is 0 Å². The van der Waals surface area contributed by atoms with E-state index in [-0.39, 0.29) is 15.0 Å². The first-order valence-electron chi connectivity index (χ1n) is 4.36. The number of allylic oxidation sites excluding steroid dienone is 1. The number of hydrogen-bond donors (Lipinski definition) is 0. The number of carbonyl (C=O) groups is 1. The number of ether oxygens (including phenoxy) is 1. The zero-order valence-electron chi connectivity index (χ0n) is 7.97. The van der Waals surface area contributed by atoms with E-state index in [4.69, 9.17) is 4.74 Å². The Labute approximate surface area is 90.1 Å². The zero-order valence-corrected chi connectivity index (χ0v) is 9.69. The molecule has 0 aromatic heterocycles. The van der Waals surface area contributed by atoms with E-state index >= 15 is 0 Å². The Balaban J connectivity index is 2.56. The molecule has 0 atom stereocenters. The Hall–Kier alpha value is -1.05. The van der Waals surface area contributed by atoms with Crippen molar-refractivity contribution < 1.29 is 9.53 Å². The van der Waals surface area contributed by atoms with E-state index in [1.54, 1.807) is 0 Å². The first kappa shape index (κ1) is 11.0. The maximum atomic E-state index is 10.5. The maximum absolute atomic E-state index is 10.5. The van der Waals surface area contributed by atoms with Crippen molar-refractivity contribution in [1.29, 1.82) is 0 Å². The Morgan fingerprint density at radius 3 is 2.71 bits per heavy atom. The average molecular weight is 255 g/mol. The first-order valence-corrected chi connectivity index (χ1v) is 6.21. The molecule has 1 aromatic rings. The van der Waals surface area contributed by atoms with Crippen molar-refractivity contribution in [3.8, 4) is 0 Å². The van der Waals surface area contributed by atoms with E-state index in [0.29, 0.717) is 12.4 Å². The number of carbonyl (C=O) groups excluding carboxylic acids is 1. The van der Waals surface area contributed by atoms with Gasteiger partial charge in [-0.2, -0.15) is 0 Å². The van der Waals surface area contributed by atoms with Gasteiger partial charge in [-0.1, -0.05) is 0 Å². The molecular weight excluding hydrogens is 243 g/mol. The fraction of sp³-hybridized carbons (Fsp3) is 0.182. The van der Waals surface area contributed by atoms with Crippen molar-refractivity contribution in [1.82, 2.24) is 0 Å². The molecule has 0 saturated heterocycles. The van der Waals surface area contributed by atoms with Gasteiger partial charge >= 0.3 is 89.8 Å². The second kappa shape index (κ2) is 6.41. The molecule has 0 bridgehead atoms. The summed E-state index contributed by atoms with van der Waals surface area (Å²) in [6.45, 7) is 2.41. The van der Waals surface area contributed by atoms with E-state index in [1.807, 2.05) is 42.2 Å². The van der Waals surface area contributed by atoms with Crippen molar-refractivity contribution in [3.05, 3.63) is 41.1 Å². The van der Waals surface area contributed by atoms with Crippen LogP contribution in [0, 0.1) is 0 Å². The summed E-state index contributed by atoms with van der Waals surface area (Å²) in [5.74, 6) is 0.441. The fourth-order valence-corrected chi connectivity index (χ4v) is 2.34. The molecule has 0 unspecified atom stereocenters. The van der Waals surface area contributed by atoms with Crippen LogP contribution in [0.2, 0.25) is 0 Å². The van der Waals surface area contributed by atoms with Crippen LogP contribution in [0.25, 0.3) is 0 Å². The summed E-state index contributed by atoms with van der Waals surface area (Å²) >= 11 is 0.173. The molecule has 0 spiro atoms. The van der Waals surface area contributed by atoms with E-state index in [9.17, 15) is 4.79 Å². The van der Waals surface area contributed by atoms with Crippen LogP contribution in [0.1, 0.15) is 6.92 Å². The molecule has 0 aliphatic rings. The standard InChI is InChI=1S/C11H12O2Se/c1-2-13-10(8-12)9-14-11-6-4-3-5-7-11/h3-9H,2H2,1H3/b10-9-.